The average molecular weight is 336 g/mol. The number of hydrogen-bond acceptors (Lipinski definition) is 2. The summed E-state index contributed by atoms with van der Waals surface area (Å²) in [4.78, 5) is 13.5. The number of rotatable bonds is 3. The smallest absolute Gasteiger partial charge is 0.413 e. The molecule has 0 unspecified atom stereocenters. The lowest BCUT2D eigenvalue weighted by molar-refractivity contribution is -0.155. The normalized spacial score (nSPS) is 17.2. The van der Waals surface area contributed by atoms with Gasteiger partial charge in [-0.1, -0.05) is 30.3 Å². The Labute approximate surface area is 136 Å². The Morgan fingerprint density at radius 2 is 1.79 bits per heavy atom. The van der Waals surface area contributed by atoms with Gasteiger partial charge in [0.2, 0.25) is 0 Å². The largest absolute Gasteiger partial charge is 0.497 e. The third-order valence-corrected chi connectivity index (χ3v) is 3.88. The molecule has 0 saturated heterocycles. The van der Waals surface area contributed by atoms with E-state index in [1.165, 1.54) is 23.1 Å². The number of methoxy groups -OCH3 is 1. The van der Waals surface area contributed by atoms with Crippen molar-refractivity contribution in [3.05, 3.63) is 59.7 Å². The number of carbonyl (C=O) groups is 1. The minimum absolute atomic E-state index is 0.0399. The molecule has 1 atom stereocenters. The summed E-state index contributed by atoms with van der Waals surface area (Å²) in [6.45, 7) is 0.164. The molecule has 2 aromatic carbocycles. The van der Waals surface area contributed by atoms with Crippen molar-refractivity contribution in [3.63, 3.8) is 0 Å². The number of anilines is 1. The van der Waals surface area contributed by atoms with Gasteiger partial charge in [0.05, 0.1) is 19.3 Å². The molecule has 0 aliphatic carbocycles. The molecule has 0 radical (unpaired) electrons. The fraction of sp³-hybridized carbons (Fsp3) is 0.235. The second-order valence-corrected chi connectivity index (χ2v) is 5.42. The standard InChI is InChI=1S/C17H15F3N2O2/c1-24-12-8-6-11(7-9-12)10-22-14-5-3-2-4-13(14)15(17(18,19)20)21-16(22)23/h2-9,15H,10H2,1H3,(H,21,23)/t15-/m1/s1. The summed E-state index contributed by atoms with van der Waals surface area (Å²) in [5, 5.41) is 2.04. The van der Waals surface area contributed by atoms with Crippen LogP contribution < -0.4 is 15.0 Å². The average Bonchev–Trinajstić information content (AvgIpc) is 2.56. The Morgan fingerprint density at radius 3 is 2.42 bits per heavy atom. The topological polar surface area (TPSA) is 41.6 Å². The van der Waals surface area contributed by atoms with Gasteiger partial charge in [0.25, 0.3) is 0 Å². The zero-order chi connectivity index (χ0) is 17.3. The maximum absolute atomic E-state index is 13.2. The molecule has 2 aromatic rings. The van der Waals surface area contributed by atoms with Crippen molar-refractivity contribution in [3.8, 4) is 5.75 Å². The first-order chi connectivity index (χ1) is 11.4. The number of para-hydroxylation sites is 1. The molecule has 1 heterocycles. The second-order valence-electron chi connectivity index (χ2n) is 5.42. The van der Waals surface area contributed by atoms with Crippen molar-refractivity contribution in [1.82, 2.24) is 5.32 Å². The van der Waals surface area contributed by atoms with Crippen molar-refractivity contribution < 1.29 is 22.7 Å². The molecule has 0 spiro atoms. The highest BCUT2D eigenvalue weighted by atomic mass is 19.4. The fourth-order valence-electron chi connectivity index (χ4n) is 2.69. The summed E-state index contributed by atoms with van der Waals surface area (Å²) in [7, 11) is 1.54. The first-order valence-electron chi connectivity index (χ1n) is 7.27. The number of nitrogens with zero attached hydrogens (tertiary/aromatic N) is 1. The van der Waals surface area contributed by atoms with E-state index in [4.69, 9.17) is 4.74 Å². The van der Waals surface area contributed by atoms with Crippen molar-refractivity contribution >= 4 is 11.7 Å². The van der Waals surface area contributed by atoms with Crippen LogP contribution in [0.5, 0.6) is 5.75 Å². The van der Waals surface area contributed by atoms with Crippen molar-refractivity contribution in [2.75, 3.05) is 12.0 Å². The van der Waals surface area contributed by atoms with Gasteiger partial charge < -0.3 is 10.1 Å². The SMILES string of the molecule is COc1ccc(CN2C(=O)N[C@@H](C(F)(F)F)c3ccccc32)cc1. The number of halogens is 3. The van der Waals surface area contributed by atoms with Crippen LogP contribution in [-0.2, 0) is 6.54 Å². The van der Waals surface area contributed by atoms with Gasteiger partial charge in [-0.15, -0.1) is 0 Å². The molecule has 0 saturated carbocycles. The zero-order valence-corrected chi connectivity index (χ0v) is 12.8. The molecular formula is C17H15F3N2O2. The summed E-state index contributed by atoms with van der Waals surface area (Å²) in [5.74, 6) is 0.666. The predicted octanol–water partition coefficient (Wildman–Crippen LogP) is 4.03. The minimum atomic E-state index is -4.54. The van der Waals surface area contributed by atoms with Crippen molar-refractivity contribution in [2.24, 2.45) is 0 Å². The van der Waals surface area contributed by atoms with E-state index in [1.807, 2.05) is 5.32 Å². The summed E-state index contributed by atoms with van der Waals surface area (Å²) in [6, 6.07) is 10.3. The molecule has 3 rings (SSSR count). The van der Waals surface area contributed by atoms with Crippen molar-refractivity contribution in [1.29, 1.82) is 0 Å². The molecule has 1 N–H and O–H groups in total. The van der Waals surface area contributed by atoms with E-state index in [-0.39, 0.29) is 17.8 Å². The highest BCUT2D eigenvalue weighted by Gasteiger charge is 2.46. The van der Waals surface area contributed by atoms with Crippen LogP contribution in [0.25, 0.3) is 0 Å². The highest BCUT2D eigenvalue weighted by molar-refractivity contribution is 5.95. The summed E-state index contributed by atoms with van der Waals surface area (Å²) in [6.07, 6.45) is -4.54. The van der Waals surface area contributed by atoms with E-state index < -0.39 is 18.2 Å². The molecule has 2 amide bonds. The van der Waals surface area contributed by atoms with Crippen LogP contribution in [0.15, 0.2) is 48.5 Å². The molecule has 0 bridgehead atoms. The van der Waals surface area contributed by atoms with E-state index in [0.29, 0.717) is 5.75 Å². The van der Waals surface area contributed by atoms with Crippen LogP contribution in [0.4, 0.5) is 23.7 Å². The quantitative estimate of drug-likeness (QED) is 0.919. The van der Waals surface area contributed by atoms with Crippen LogP contribution in [0.3, 0.4) is 0 Å². The molecule has 4 nitrogen and oxygen atoms in total. The lowest BCUT2D eigenvalue weighted by atomic mass is 10.0. The van der Waals surface area contributed by atoms with E-state index in [0.717, 1.165) is 5.56 Å². The Kier molecular flexibility index (Phi) is 4.09. The maximum Gasteiger partial charge on any atom is 0.413 e. The Bertz CT molecular complexity index is 744. The number of benzene rings is 2. The Balaban J connectivity index is 1.94. The molecule has 0 aromatic heterocycles. The van der Waals surface area contributed by atoms with Crippen LogP contribution in [0.1, 0.15) is 17.2 Å². The number of hydrogen-bond donors (Lipinski definition) is 1. The molecule has 1 aliphatic rings. The number of fused-ring (bicyclic) bond motifs is 1. The summed E-state index contributed by atoms with van der Waals surface area (Å²) < 4.78 is 44.6. The first-order valence-corrected chi connectivity index (χ1v) is 7.27. The lowest BCUT2D eigenvalue weighted by Crippen LogP contribution is -2.50. The third-order valence-electron chi connectivity index (χ3n) is 3.88. The third kappa shape index (κ3) is 3.02. The molecule has 1 aliphatic heterocycles. The van der Waals surface area contributed by atoms with Gasteiger partial charge in [0, 0.05) is 5.56 Å². The molecule has 0 fully saturated rings. The number of urea groups is 1. The van der Waals surface area contributed by atoms with Crippen LogP contribution >= 0.6 is 0 Å². The first kappa shape index (κ1) is 16.2. The van der Waals surface area contributed by atoms with Crippen LogP contribution in [0, 0.1) is 0 Å². The van der Waals surface area contributed by atoms with Gasteiger partial charge in [-0.3, -0.25) is 4.90 Å². The lowest BCUT2D eigenvalue weighted by Gasteiger charge is -2.35. The van der Waals surface area contributed by atoms with Gasteiger partial charge in [0.1, 0.15) is 5.75 Å². The zero-order valence-electron chi connectivity index (χ0n) is 12.8. The van der Waals surface area contributed by atoms with Gasteiger partial charge in [-0.2, -0.15) is 13.2 Å². The molecule has 24 heavy (non-hydrogen) atoms. The van der Waals surface area contributed by atoms with Gasteiger partial charge >= 0.3 is 12.2 Å². The number of ether oxygens (including phenoxy) is 1. The Morgan fingerprint density at radius 1 is 1.12 bits per heavy atom. The summed E-state index contributed by atoms with van der Waals surface area (Å²) in [5.41, 5.74) is 1.09. The Hall–Kier alpha value is -2.70. The maximum atomic E-state index is 13.2. The van der Waals surface area contributed by atoms with Gasteiger partial charge in [-0.25, -0.2) is 4.79 Å². The monoisotopic (exact) mass is 336 g/mol. The molecular weight excluding hydrogens is 321 g/mol. The highest BCUT2D eigenvalue weighted by Crippen LogP contribution is 2.40. The number of carbonyl (C=O) groups excluding carboxylic acids is 1. The van der Waals surface area contributed by atoms with Crippen LogP contribution in [-0.4, -0.2) is 19.3 Å². The van der Waals surface area contributed by atoms with Crippen molar-refractivity contribution in [2.45, 2.75) is 18.8 Å². The van der Waals surface area contributed by atoms with E-state index in [1.54, 1.807) is 37.4 Å². The van der Waals surface area contributed by atoms with E-state index in [2.05, 4.69) is 0 Å². The van der Waals surface area contributed by atoms with Crippen LogP contribution in [0.2, 0.25) is 0 Å². The molecule has 7 heteroatoms. The fourth-order valence-corrected chi connectivity index (χ4v) is 2.69. The number of alkyl halides is 3. The van der Waals surface area contributed by atoms with Gasteiger partial charge in [-0.05, 0) is 23.8 Å². The second kappa shape index (κ2) is 6.07. The van der Waals surface area contributed by atoms with E-state index >= 15 is 0 Å². The molecule has 126 valence electrons. The number of nitrogens with one attached hydrogen (secondary N) is 1. The van der Waals surface area contributed by atoms with E-state index in [9.17, 15) is 18.0 Å². The summed E-state index contributed by atoms with van der Waals surface area (Å²) >= 11 is 0. The minimum Gasteiger partial charge on any atom is -0.497 e. The predicted molar refractivity (Wildman–Crippen MR) is 82.9 cm³/mol. The van der Waals surface area contributed by atoms with Gasteiger partial charge in [0.15, 0.2) is 6.04 Å². The number of amides is 2.